The molecular formula is C20H14N4O3S. The molecule has 1 heterocycles. The van der Waals surface area contributed by atoms with Crippen LogP contribution in [-0.4, -0.2) is 15.7 Å². The molecule has 0 radical (unpaired) electrons. The number of non-ortho nitro benzene ring substituents is 1. The number of nitro benzene ring substituents is 1. The summed E-state index contributed by atoms with van der Waals surface area (Å²) in [4.78, 5) is 26.0. The number of rotatable bonds is 6. The van der Waals surface area contributed by atoms with E-state index in [0.29, 0.717) is 21.8 Å². The highest BCUT2D eigenvalue weighted by molar-refractivity contribution is 7.11. The third kappa shape index (κ3) is 4.28. The van der Waals surface area contributed by atoms with Crippen LogP contribution in [0.1, 0.15) is 22.3 Å². The highest BCUT2D eigenvalue weighted by atomic mass is 32.1. The Hall–Kier alpha value is -3.83. The molecule has 0 saturated heterocycles. The van der Waals surface area contributed by atoms with E-state index in [9.17, 15) is 20.2 Å². The van der Waals surface area contributed by atoms with Crippen molar-refractivity contribution in [3.05, 3.63) is 80.8 Å². The van der Waals surface area contributed by atoms with E-state index in [4.69, 9.17) is 0 Å². The minimum atomic E-state index is -0.457. The molecule has 2 aromatic carbocycles. The van der Waals surface area contributed by atoms with E-state index in [2.05, 4.69) is 16.4 Å². The van der Waals surface area contributed by atoms with E-state index in [1.165, 1.54) is 30.4 Å². The Balaban J connectivity index is 1.78. The van der Waals surface area contributed by atoms with Crippen LogP contribution >= 0.6 is 11.3 Å². The molecule has 0 spiro atoms. The van der Waals surface area contributed by atoms with Crippen molar-refractivity contribution < 1.29 is 9.72 Å². The van der Waals surface area contributed by atoms with Crippen LogP contribution in [0.3, 0.4) is 0 Å². The summed E-state index contributed by atoms with van der Waals surface area (Å²) >= 11 is 1.31. The van der Waals surface area contributed by atoms with E-state index in [0.717, 1.165) is 11.3 Å². The molecular weight excluding hydrogens is 376 g/mol. The number of nitro groups is 1. The average Bonchev–Trinajstić information content (AvgIpc) is 3.19. The third-order valence-corrected chi connectivity index (χ3v) is 4.78. The number of allylic oxidation sites excluding steroid dienone is 1. The van der Waals surface area contributed by atoms with Gasteiger partial charge in [-0.2, -0.15) is 5.26 Å². The molecule has 1 aromatic heterocycles. The van der Waals surface area contributed by atoms with Gasteiger partial charge in [-0.1, -0.05) is 0 Å². The first kappa shape index (κ1) is 18.9. The molecule has 1 N–H and O–H groups in total. The van der Waals surface area contributed by atoms with Gasteiger partial charge < -0.3 is 5.32 Å². The van der Waals surface area contributed by atoms with Gasteiger partial charge in [-0.25, -0.2) is 4.98 Å². The molecule has 0 aliphatic carbocycles. The highest BCUT2D eigenvalue weighted by Gasteiger charge is 2.11. The van der Waals surface area contributed by atoms with Crippen molar-refractivity contribution in [2.24, 2.45) is 0 Å². The van der Waals surface area contributed by atoms with E-state index >= 15 is 0 Å². The van der Waals surface area contributed by atoms with Crippen LogP contribution in [0, 0.1) is 21.4 Å². The Morgan fingerprint density at radius 1 is 1.21 bits per heavy atom. The number of benzene rings is 2. The highest BCUT2D eigenvalue weighted by Crippen LogP contribution is 2.27. The maximum atomic E-state index is 11.3. The number of Topliss-reactive ketones (excluding diaryl/α,β-unsaturated/α-hetero) is 1. The zero-order valence-corrected chi connectivity index (χ0v) is 15.6. The van der Waals surface area contributed by atoms with Crippen LogP contribution in [-0.2, 0) is 0 Å². The van der Waals surface area contributed by atoms with Gasteiger partial charge >= 0.3 is 0 Å². The molecule has 0 aliphatic heterocycles. The smallest absolute Gasteiger partial charge is 0.269 e. The van der Waals surface area contributed by atoms with Gasteiger partial charge in [0.15, 0.2) is 5.78 Å². The number of anilines is 1. The summed E-state index contributed by atoms with van der Waals surface area (Å²) in [5.41, 5.74) is 3.10. The van der Waals surface area contributed by atoms with Gasteiger partial charge in [0.1, 0.15) is 16.6 Å². The maximum Gasteiger partial charge on any atom is 0.269 e. The number of carbonyl (C=O) groups is 1. The molecule has 3 aromatic rings. The number of ketones is 1. The number of nitriles is 1. The van der Waals surface area contributed by atoms with Gasteiger partial charge in [-0.15, -0.1) is 11.3 Å². The van der Waals surface area contributed by atoms with Crippen LogP contribution in [0.4, 0.5) is 11.4 Å². The van der Waals surface area contributed by atoms with Crippen LogP contribution in [0.5, 0.6) is 0 Å². The molecule has 3 rings (SSSR count). The SMILES string of the molecule is CC(=O)c1ccc(N/C=C(\C#N)c2nc(-c3ccc([N+](=O)[O-])cc3)cs2)cc1. The topological polar surface area (TPSA) is 109 Å². The van der Waals surface area contributed by atoms with Gasteiger partial charge in [0, 0.05) is 40.5 Å². The van der Waals surface area contributed by atoms with Crippen LogP contribution < -0.4 is 5.32 Å². The van der Waals surface area contributed by atoms with Gasteiger partial charge in [-0.05, 0) is 43.3 Å². The monoisotopic (exact) mass is 390 g/mol. The van der Waals surface area contributed by atoms with E-state index < -0.39 is 4.92 Å². The third-order valence-electron chi connectivity index (χ3n) is 3.90. The van der Waals surface area contributed by atoms with E-state index in [1.54, 1.807) is 48.0 Å². The lowest BCUT2D eigenvalue weighted by molar-refractivity contribution is -0.384. The number of nitrogens with one attached hydrogen (secondary N) is 1. The predicted octanol–water partition coefficient (Wildman–Crippen LogP) is 4.90. The van der Waals surface area contributed by atoms with Crippen LogP contribution in [0.25, 0.3) is 16.8 Å². The Labute approximate surface area is 164 Å². The van der Waals surface area contributed by atoms with E-state index in [1.807, 2.05) is 0 Å². The summed E-state index contributed by atoms with van der Waals surface area (Å²) in [6, 6.07) is 15.1. The summed E-state index contributed by atoms with van der Waals surface area (Å²) in [5.74, 6) is -0.0126. The zero-order valence-electron chi connectivity index (χ0n) is 14.7. The van der Waals surface area contributed by atoms with Gasteiger partial charge in [0.2, 0.25) is 0 Å². The normalized spacial score (nSPS) is 10.9. The fourth-order valence-electron chi connectivity index (χ4n) is 2.38. The van der Waals surface area contributed by atoms with Gasteiger partial charge in [-0.3, -0.25) is 14.9 Å². The van der Waals surface area contributed by atoms with Crippen molar-refractivity contribution in [3.63, 3.8) is 0 Å². The van der Waals surface area contributed by atoms with Crippen molar-refractivity contribution in [2.45, 2.75) is 6.92 Å². The maximum absolute atomic E-state index is 11.3. The van der Waals surface area contributed by atoms with Crippen LogP contribution in [0.2, 0.25) is 0 Å². The number of aromatic nitrogens is 1. The molecule has 7 nitrogen and oxygen atoms in total. The van der Waals surface area contributed by atoms with Gasteiger partial charge in [0.05, 0.1) is 10.6 Å². The second kappa shape index (κ2) is 8.24. The standard InChI is InChI=1S/C20H14N4O3S/c1-13(25)14-2-6-17(7-3-14)22-11-16(10-21)20-23-19(12-28-20)15-4-8-18(9-5-15)24(26)27/h2-9,11-12,22H,1H3/b16-11+. The fourth-order valence-corrected chi connectivity index (χ4v) is 3.18. The number of carbonyl (C=O) groups excluding carboxylic acids is 1. The number of hydrogen-bond donors (Lipinski definition) is 1. The predicted molar refractivity (Wildman–Crippen MR) is 108 cm³/mol. The van der Waals surface area contributed by atoms with Gasteiger partial charge in [0.25, 0.3) is 5.69 Å². The molecule has 0 bridgehead atoms. The number of thiazole rings is 1. The largest absolute Gasteiger partial charge is 0.360 e. The molecule has 0 atom stereocenters. The summed E-state index contributed by atoms with van der Waals surface area (Å²) < 4.78 is 0. The summed E-state index contributed by atoms with van der Waals surface area (Å²) in [5, 5.41) is 25.5. The Kier molecular flexibility index (Phi) is 5.58. The molecule has 0 fully saturated rings. The number of hydrogen-bond acceptors (Lipinski definition) is 7. The number of nitrogens with zero attached hydrogens (tertiary/aromatic N) is 3. The Bertz CT molecular complexity index is 1090. The quantitative estimate of drug-likeness (QED) is 0.277. The minimum Gasteiger partial charge on any atom is -0.360 e. The summed E-state index contributed by atoms with van der Waals surface area (Å²) in [6.07, 6.45) is 1.56. The van der Waals surface area contributed by atoms with Crippen molar-refractivity contribution in [1.82, 2.24) is 4.98 Å². The van der Waals surface area contributed by atoms with Crippen molar-refractivity contribution in [2.75, 3.05) is 5.32 Å². The van der Waals surface area contributed by atoms with Crippen LogP contribution in [0.15, 0.2) is 60.1 Å². The Morgan fingerprint density at radius 3 is 2.46 bits per heavy atom. The lowest BCUT2D eigenvalue weighted by Crippen LogP contribution is -1.94. The Morgan fingerprint density at radius 2 is 1.89 bits per heavy atom. The molecule has 0 amide bonds. The fraction of sp³-hybridized carbons (Fsp3) is 0.0500. The lowest BCUT2D eigenvalue weighted by Gasteiger charge is -2.02. The summed E-state index contributed by atoms with van der Waals surface area (Å²) in [7, 11) is 0. The molecule has 28 heavy (non-hydrogen) atoms. The van der Waals surface area contributed by atoms with Crippen molar-refractivity contribution in [1.29, 1.82) is 5.26 Å². The second-order valence-corrected chi connectivity index (χ2v) is 6.65. The average molecular weight is 390 g/mol. The second-order valence-electron chi connectivity index (χ2n) is 5.79. The first-order valence-corrected chi connectivity index (χ1v) is 9.04. The zero-order chi connectivity index (χ0) is 20.1. The molecule has 138 valence electrons. The molecule has 0 unspecified atom stereocenters. The first-order chi connectivity index (χ1) is 13.5. The lowest BCUT2D eigenvalue weighted by atomic mass is 10.1. The molecule has 0 aliphatic rings. The minimum absolute atomic E-state index is 0.0109. The van der Waals surface area contributed by atoms with Crippen molar-refractivity contribution >= 4 is 34.1 Å². The summed E-state index contributed by atoms with van der Waals surface area (Å²) in [6.45, 7) is 1.50. The molecule has 8 heteroatoms. The molecule has 0 saturated carbocycles. The van der Waals surface area contributed by atoms with Crippen molar-refractivity contribution in [3.8, 4) is 17.3 Å². The first-order valence-electron chi connectivity index (χ1n) is 8.16. The van der Waals surface area contributed by atoms with E-state index in [-0.39, 0.29) is 11.5 Å².